The second-order valence-corrected chi connectivity index (χ2v) is 6.14. The third-order valence-electron chi connectivity index (χ3n) is 4.68. The zero-order valence-corrected chi connectivity index (χ0v) is 9.64. The van der Waals surface area contributed by atoms with Crippen molar-refractivity contribution in [2.75, 3.05) is 0 Å². The summed E-state index contributed by atoms with van der Waals surface area (Å²) in [7, 11) is 0. The molecule has 0 aromatic carbocycles. The molecular formula is C13H24. The van der Waals surface area contributed by atoms with Crippen LogP contribution in [0.4, 0.5) is 0 Å². The highest BCUT2D eigenvalue weighted by Gasteiger charge is 2.55. The van der Waals surface area contributed by atoms with Crippen LogP contribution in [-0.4, -0.2) is 0 Å². The smallest absolute Gasteiger partial charge is 0.0303 e. The van der Waals surface area contributed by atoms with E-state index in [1.165, 1.54) is 19.3 Å². The summed E-state index contributed by atoms with van der Waals surface area (Å²) in [5.74, 6) is 4.25. The number of rotatable bonds is 2. The first kappa shape index (κ1) is 9.55. The lowest BCUT2D eigenvalue weighted by Crippen LogP contribution is -2.40. The van der Waals surface area contributed by atoms with Crippen LogP contribution in [0.1, 0.15) is 53.4 Å². The normalized spacial score (nSPS) is 47.1. The Morgan fingerprint density at radius 1 is 1.31 bits per heavy atom. The predicted molar refractivity (Wildman–Crippen MR) is 57.6 cm³/mol. The van der Waals surface area contributed by atoms with Gasteiger partial charge in [0.2, 0.25) is 0 Å². The van der Waals surface area contributed by atoms with Crippen molar-refractivity contribution in [3.05, 3.63) is 0 Å². The van der Waals surface area contributed by atoms with Gasteiger partial charge in [-0.15, -0.1) is 0 Å². The Balaban J connectivity index is 2.05. The molecule has 13 heavy (non-hydrogen) atoms. The molecule has 2 aliphatic rings. The van der Waals surface area contributed by atoms with Crippen molar-refractivity contribution in [3.63, 3.8) is 0 Å². The van der Waals surface area contributed by atoms with Crippen molar-refractivity contribution in [1.29, 1.82) is 0 Å². The van der Waals surface area contributed by atoms with E-state index in [4.69, 9.17) is 0 Å². The first-order valence-electron chi connectivity index (χ1n) is 6.06. The van der Waals surface area contributed by atoms with Gasteiger partial charge in [0.25, 0.3) is 0 Å². The van der Waals surface area contributed by atoms with Crippen LogP contribution >= 0.6 is 0 Å². The minimum Gasteiger partial charge on any atom is -0.0654 e. The van der Waals surface area contributed by atoms with E-state index in [1.54, 1.807) is 6.42 Å². The third-order valence-corrected chi connectivity index (χ3v) is 4.68. The highest BCUT2D eigenvalue weighted by atomic mass is 14.6. The topological polar surface area (TPSA) is 0 Å². The van der Waals surface area contributed by atoms with Gasteiger partial charge in [-0.3, -0.25) is 0 Å². The molecular weight excluding hydrogens is 156 g/mol. The zero-order chi connectivity index (χ0) is 9.64. The Morgan fingerprint density at radius 3 is 2.54 bits per heavy atom. The van der Waals surface area contributed by atoms with Crippen LogP contribution in [0.25, 0.3) is 0 Å². The van der Waals surface area contributed by atoms with E-state index >= 15 is 0 Å². The molecule has 0 saturated heterocycles. The van der Waals surface area contributed by atoms with Crippen molar-refractivity contribution in [3.8, 4) is 0 Å². The number of hydrogen-bond acceptors (Lipinski definition) is 0. The van der Waals surface area contributed by atoms with E-state index in [0.717, 1.165) is 23.7 Å². The molecule has 2 saturated carbocycles. The van der Waals surface area contributed by atoms with Crippen molar-refractivity contribution in [1.82, 2.24) is 0 Å². The molecule has 0 aromatic heterocycles. The van der Waals surface area contributed by atoms with Crippen LogP contribution in [0.5, 0.6) is 0 Å². The van der Waals surface area contributed by atoms with Crippen LogP contribution in [0.3, 0.4) is 0 Å². The molecule has 76 valence electrons. The lowest BCUT2D eigenvalue weighted by atomic mass is 9.57. The maximum absolute atomic E-state index is 2.50. The fraction of sp³-hybridized carbons (Fsp3) is 1.00. The minimum absolute atomic E-state index is 0.655. The van der Waals surface area contributed by atoms with Crippen molar-refractivity contribution in [2.45, 2.75) is 53.4 Å². The Bertz CT molecular complexity index is 192. The van der Waals surface area contributed by atoms with Crippen LogP contribution in [-0.2, 0) is 0 Å². The second-order valence-electron chi connectivity index (χ2n) is 6.14. The van der Waals surface area contributed by atoms with Crippen LogP contribution in [0.2, 0.25) is 0 Å². The molecule has 0 spiro atoms. The summed E-state index contributed by atoms with van der Waals surface area (Å²) in [5, 5.41) is 0. The largest absolute Gasteiger partial charge is 0.0654 e. The Hall–Kier alpha value is 0. The Morgan fingerprint density at radius 2 is 2.00 bits per heavy atom. The van der Waals surface area contributed by atoms with E-state index < -0.39 is 0 Å². The van der Waals surface area contributed by atoms with Gasteiger partial charge in [-0.1, -0.05) is 40.5 Å². The summed E-state index contributed by atoms with van der Waals surface area (Å²) >= 11 is 0. The summed E-state index contributed by atoms with van der Waals surface area (Å²) in [6.07, 6.45) is 5.89. The van der Waals surface area contributed by atoms with Gasteiger partial charge in [0.1, 0.15) is 0 Å². The predicted octanol–water partition coefficient (Wildman–Crippen LogP) is 4.10. The maximum Gasteiger partial charge on any atom is -0.0303 e. The first-order chi connectivity index (χ1) is 6.06. The molecule has 4 atom stereocenters. The average Bonchev–Trinajstić information content (AvgIpc) is 2.10. The zero-order valence-electron chi connectivity index (χ0n) is 9.64. The summed E-state index contributed by atoms with van der Waals surface area (Å²) < 4.78 is 0. The number of hydrogen-bond donors (Lipinski definition) is 0. The lowest BCUT2D eigenvalue weighted by molar-refractivity contribution is 0.0122. The van der Waals surface area contributed by atoms with Gasteiger partial charge >= 0.3 is 0 Å². The fourth-order valence-corrected chi connectivity index (χ4v) is 4.39. The first-order valence-corrected chi connectivity index (χ1v) is 6.06. The molecule has 2 aliphatic carbocycles. The highest BCUT2D eigenvalue weighted by molar-refractivity contribution is 5.04. The molecule has 0 bridgehead atoms. The molecule has 0 amide bonds. The summed E-state index contributed by atoms with van der Waals surface area (Å²) in [6, 6.07) is 0. The van der Waals surface area contributed by atoms with Gasteiger partial charge in [-0.25, -0.2) is 0 Å². The van der Waals surface area contributed by atoms with Crippen molar-refractivity contribution < 1.29 is 0 Å². The summed E-state index contributed by atoms with van der Waals surface area (Å²) in [6.45, 7) is 9.79. The van der Waals surface area contributed by atoms with E-state index in [2.05, 4.69) is 27.7 Å². The van der Waals surface area contributed by atoms with Gasteiger partial charge in [0.15, 0.2) is 0 Å². The lowest BCUT2D eigenvalue weighted by Gasteiger charge is -2.48. The van der Waals surface area contributed by atoms with Gasteiger partial charge in [0, 0.05) is 0 Å². The van der Waals surface area contributed by atoms with Crippen LogP contribution in [0, 0.1) is 29.1 Å². The molecule has 0 radical (unpaired) electrons. The Kier molecular flexibility index (Phi) is 2.20. The van der Waals surface area contributed by atoms with Crippen molar-refractivity contribution in [2.24, 2.45) is 29.1 Å². The van der Waals surface area contributed by atoms with E-state index in [9.17, 15) is 0 Å². The molecule has 2 rings (SSSR count). The van der Waals surface area contributed by atoms with Crippen molar-refractivity contribution >= 4 is 0 Å². The highest BCUT2D eigenvalue weighted by Crippen LogP contribution is 2.63. The number of fused-ring (bicyclic) bond motifs is 1. The molecule has 0 aromatic rings. The summed E-state index contributed by atoms with van der Waals surface area (Å²) in [5.41, 5.74) is 0.655. The summed E-state index contributed by atoms with van der Waals surface area (Å²) in [4.78, 5) is 0. The minimum atomic E-state index is 0.655. The van der Waals surface area contributed by atoms with Gasteiger partial charge in [-0.05, 0) is 41.9 Å². The van der Waals surface area contributed by atoms with E-state index in [1.807, 2.05) is 0 Å². The SMILES string of the molecule is CCCC1CC2C(C)CC(C)(C)C12. The van der Waals surface area contributed by atoms with Crippen LogP contribution < -0.4 is 0 Å². The monoisotopic (exact) mass is 180 g/mol. The maximum atomic E-state index is 2.50. The average molecular weight is 180 g/mol. The van der Waals surface area contributed by atoms with Gasteiger partial charge in [0.05, 0.1) is 0 Å². The molecule has 2 fully saturated rings. The molecule has 0 nitrogen and oxygen atoms in total. The second kappa shape index (κ2) is 3.00. The Labute approximate surface area is 83.1 Å². The third kappa shape index (κ3) is 1.33. The molecule has 0 heteroatoms. The van der Waals surface area contributed by atoms with Gasteiger partial charge < -0.3 is 0 Å². The van der Waals surface area contributed by atoms with E-state index in [0.29, 0.717) is 5.41 Å². The van der Waals surface area contributed by atoms with E-state index in [-0.39, 0.29) is 0 Å². The fourth-order valence-electron chi connectivity index (χ4n) is 4.39. The van der Waals surface area contributed by atoms with Crippen LogP contribution in [0.15, 0.2) is 0 Å². The quantitative estimate of drug-likeness (QED) is 0.600. The molecule has 0 N–H and O–H groups in total. The molecule has 0 aliphatic heterocycles. The standard InChI is InChI=1S/C13H24/c1-5-6-10-7-11-9(2)8-13(3,4)12(10)11/h9-12H,5-8H2,1-4H3. The molecule has 0 heterocycles. The molecule has 4 unspecified atom stereocenters. The van der Waals surface area contributed by atoms with Gasteiger partial charge in [-0.2, -0.15) is 0 Å².